The third-order valence-corrected chi connectivity index (χ3v) is 4.27. The fourth-order valence-electron chi connectivity index (χ4n) is 1.70. The molecular formula is C16H22N2O3S. The molecule has 0 heterocycles. The van der Waals surface area contributed by atoms with Crippen molar-refractivity contribution in [2.45, 2.75) is 38.3 Å². The zero-order chi connectivity index (χ0) is 16.6. The van der Waals surface area contributed by atoms with E-state index in [0.717, 1.165) is 5.56 Å². The fraction of sp³-hybridized carbons (Fsp3) is 0.312. The lowest BCUT2D eigenvalue weighted by molar-refractivity contribution is -0.116. The Balaban J connectivity index is 2.75. The monoisotopic (exact) mass is 322 g/mol. The van der Waals surface area contributed by atoms with E-state index in [-0.39, 0.29) is 23.4 Å². The van der Waals surface area contributed by atoms with Gasteiger partial charge in [0.05, 0.1) is 4.90 Å². The van der Waals surface area contributed by atoms with Crippen molar-refractivity contribution in [1.82, 2.24) is 10.0 Å². The number of hydrogen-bond acceptors (Lipinski definition) is 3. The van der Waals surface area contributed by atoms with Gasteiger partial charge in [-0.2, -0.15) is 0 Å². The molecule has 22 heavy (non-hydrogen) atoms. The molecule has 0 spiro atoms. The van der Waals surface area contributed by atoms with Crippen LogP contribution in [0.4, 0.5) is 0 Å². The van der Waals surface area contributed by atoms with Gasteiger partial charge in [0.1, 0.15) is 0 Å². The van der Waals surface area contributed by atoms with E-state index in [1.165, 1.54) is 12.1 Å². The molecule has 0 unspecified atom stereocenters. The fourth-order valence-corrected chi connectivity index (χ4v) is 3.02. The molecule has 0 fully saturated rings. The van der Waals surface area contributed by atoms with E-state index in [9.17, 15) is 13.2 Å². The molecule has 5 nitrogen and oxygen atoms in total. The highest BCUT2D eigenvalue weighted by atomic mass is 32.2. The number of benzene rings is 1. The SMILES string of the molecule is C/C=C/C=C/C(=O)NCc1cccc(S(=O)(=O)NC(C)C)c1. The summed E-state index contributed by atoms with van der Waals surface area (Å²) in [5, 5.41) is 2.70. The lowest BCUT2D eigenvalue weighted by Crippen LogP contribution is -2.30. The summed E-state index contributed by atoms with van der Waals surface area (Å²) in [4.78, 5) is 11.7. The number of amides is 1. The predicted molar refractivity (Wildman–Crippen MR) is 87.7 cm³/mol. The molecule has 0 aromatic heterocycles. The molecule has 6 heteroatoms. The molecule has 0 bridgehead atoms. The number of hydrogen-bond donors (Lipinski definition) is 2. The maximum absolute atomic E-state index is 12.1. The number of carbonyl (C=O) groups excluding carboxylic acids is 1. The Morgan fingerprint density at radius 1 is 1.27 bits per heavy atom. The summed E-state index contributed by atoms with van der Waals surface area (Å²) in [6.45, 7) is 5.65. The van der Waals surface area contributed by atoms with E-state index in [1.807, 2.05) is 13.0 Å². The highest BCUT2D eigenvalue weighted by Gasteiger charge is 2.15. The van der Waals surface area contributed by atoms with Crippen LogP contribution in [0.15, 0.2) is 53.5 Å². The Morgan fingerprint density at radius 2 is 2.00 bits per heavy atom. The average molecular weight is 322 g/mol. The molecule has 0 aliphatic rings. The second kappa shape index (κ2) is 8.51. The molecular weight excluding hydrogens is 300 g/mol. The van der Waals surface area contributed by atoms with Gasteiger partial charge in [-0.1, -0.05) is 30.4 Å². The molecule has 1 aromatic rings. The molecule has 0 aliphatic carbocycles. The van der Waals surface area contributed by atoms with Crippen molar-refractivity contribution in [3.8, 4) is 0 Å². The molecule has 0 saturated carbocycles. The van der Waals surface area contributed by atoms with Crippen LogP contribution in [0.5, 0.6) is 0 Å². The van der Waals surface area contributed by atoms with Crippen LogP contribution in [-0.4, -0.2) is 20.4 Å². The second-order valence-electron chi connectivity index (χ2n) is 5.03. The van der Waals surface area contributed by atoms with Gasteiger partial charge in [-0.05, 0) is 38.5 Å². The highest BCUT2D eigenvalue weighted by molar-refractivity contribution is 7.89. The molecule has 0 saturated heterocycles. The molecule has 1 aromatic carbocycles. The van der Waals surface area contributed by atoms with E-state index in [2.05, 4.69) is 10.0 Å². The first-order chi connectivity index (χ1) is 10.3. The van der Waals surface area contributed by atoms with Gasteiger partial charge in [-0.3, -0.25) is 4.79 Å². The summed E-state index contributed by atoms with van der Waals surface area (Å²) in [5.41, 5.74) is 0.722. The lowest BCUT2D eigenvalue weighted by atomic mass is 10.2. The van der Waals surface area contributed by atoms with Gasteiger partial charge in [0, 0.05) is 18.7 Å². The van der Waals surface area contributed by atoms with Gasteiger partial charge < -0.3 is 5.32 Å². The molecule has 120 valence electrons. The van der Waals surface area contributed by atoms with Crippen molar-refractivity contribution in [2.24, 2.45) is 0 Å². The quantitative estimate of drug-likeness (QED) is 0.596. The van der Waals surface area contributed by atoms with Crippen molar-refractivity contribution in [3.05, 3.63) is 54.1 Å². The Labute approximate surface area is 132 Å². The first-order valence-corrected chi connectivity index (χ1v) is 8.52. The molecule has 0 aliphatic heterocycles. The van der Waals surface area contributed by atoms with Gasteiger partial charge >= 0.3 is 0 Å². The minimum Gasteiger partial charge on any atom is -0.348 e. The van der Waals surface area contributed by atoms with Crippen molar-refractivity contribution >= 4 is 15.9 Å². The van der Waals surface area contributed by atoms with Crippen LogP contribution in [0.1, 0.15) is 26.3 Å². The summed E-state index contributed by atoms with van der Waals surface area (Å²) in [6.07, 6.45) is 6.63. The van der Waals surface area contributed by atoms with Crippen molar-refractivity contribution in [2.75, 3.05) is 0 Å². The molecule has 1 rings (SSSR count). The maximum Gasteiger partial charge on any atom is 0.244 e. The Kier molecular flexibility index (Phi) is 7.01. The highest BCUT2D eigenvalue weighted by Crippen LogP contribution is 2.12. The summed E-state index contributed by atoms with van der Waals surface area (Å²) >= 11 is 0. The predicted octanol–water partition coefficient (Wildman–Crippen LogP) is 2.12. The summed E-state index contributed by atoms with van der Waals surface area (Å²) in [7, 11) is -3.52. The number of nitrogens with one attached hydrogen (secondary N) is 2. The van der Waals surface area contributed by atoms with Gasteiger partial charge in [0.2, 0.25) is 15.9 Å². The van der Waals surface area contributed by atoms with Crippen LogP contribution in [0, 0.1) is 0 Å². The zero-order valence-corrected chi connectivity index (χ0v) is 13.9. The Hall–Kier alpha value is -1.92. The van der Waals surface area contributed by atoms with Gasteiger partial charge in [0.15, 0.2) is 0 Å². The topological polar surface area (TPSA) is 75.3 Å². The Morgan fingerprint density at radius 3 is 2.64 bits per heavy atom. The Bertz CT molecular complexity index is 662. The van der Waals surface area contributed by atoms with Crippen LogP contribution in [0.2, 0.25) is 0 Å². The van der Waals surface area contributed by atoms with Crippen LogP contribution >= 0.6 is 0 Å². The van der Waals surface area contributed by atoms with E-state index < -0.39 is 10.0 Å². The molecule has 0 atom stereocenters. The summed E-state index contributed by atoms with van der Waals surface area (Å²) in [5.74, 6) is -0.230. The van der Waals surface area contributed by atoms with Crippen molar-refractivity contribution < 1.29 is 13.2 Å². The van der Waals surface area contributed by atoms with E-state index in [4.69, 9.17) is 0 Å². The number of rotatable bonds is 7. The summed E-state index contributed by atoms with van der Waals surface area (Å²) < 4.78 is 26.7. The van der Waals surface area contributed by atoms with E-state index in [0.29, 0.717) is 0 Å². The first kappa shape index (κ1) is 18.1. The number of sulfonamides is 1. The normalized spacial score (nSPS) is 12.4. The second-order valence-corrected chi connectivity index (χ2v) is 6.74. The van der Waals surface area contributed by atoms with Gasteiger partial charge in [-0.25, -0.2) is 13.1 Å². The third kappa shape index (κ3) is 6.24. The molecule has 0 radical (unpaired) electrons. The minimum absolute atomic E-state index is 0.176. The van der Waals surface area contributed by atoms with Crippen LogP contribution < -0.4 is 10.0 Å². The molecule has 1 amide bonds. The van der Waals surface area contributed by atoms with Crippen LogP contribution in [0.3, 0.4) is 0 Å². The number of allylic oxidation sites excluding steroid dienone is 3. The van der Waals surface area contributed by atoms with Crippen LogP contribution in [0.25, 0.3) is 0 Å². The third-order valence-electron chi connectivity index (χ3n) is 2.62. The van der Waals surface area contributed by atoms with Gasteiger partial charge in [0.25, 0.3) is 0 Å². The van der Waals surface area contributed by atoms with Gasteiger partial charge in [-0.15, -0.1) is 0 Å². The first-order valence-electron chi connectivity index (χ1n) is 7.03. The van der Waals surface area contributed by atoms with Crippen molar-refractivity contribution in [1.29, 1.82) is 0 Å². The zero-order valence-electron chi connectivity index (χ0n) is 13.0. The summed E-state index contributed by atoms with van der Waals surface area (Å²) in [6, 6.07) is 6.34. The van der Waals surface area contributed by atoms with E-state index in [1.54, 1.807) is 44.2 Å². The minimum atomic E-state index is -3.52. The lowest BCUT2D eigenvalue weighted by Gasteiger charge is -2.10. The smallest absolute Gasteiger partial charge is 0.244 e. The van der Waals surface area contributed by atoms with E-state index >= 15 is 0 Å². The standard InChI is InChI=1S/C16H22N2O3S/c1-4-5-6-10-16(19)17-12-14-8-7-9-15(11-14)22(20,21)18-13(2)3/h4-11,13,18H,12H2,1-3H3,(H,17,19)/b5-4+,10-6+. The van der Waals surface area contributed by atoms with Crippen molar-refractivity contribution in [3.63, 3.8) is 0 Å². The number of carbonyl (C=O) groups is 1. The largest absolute Gasteiger partial charge is 0.348 e. The average Bonchev–Trinajstić information content (AvgIpc) is 2.44. The molecule has 2 N–H and O–H groups in total. The van der Waals surface area contributed by atoms with Crippen LogP contribution in [-0.2, 0) is 21.4 Å². The maximum atomic E-state index is 12.1.